The van der Waals surface area contributed by atoms with E-state index >= 15 is 0 Å². The molecule has 1 aliphatic heterocycles. The van der Waals surface area contributed by atoms with Gasteiger partial charge in [0.1, 0.15) is 11.9 Å². The summed E-state index contributed by atoms with van der Waals surface area (Å²) in [7, 11) is 1.28. The van der Waals surface area contributed by atoms with E-state index in [1.807, 2.05) is 0 Å². The molecule has 3 nitrogen and oxygen atoms in total. The van der Waals surface area contributed by atoms with Crippen molar-refractivity contribution >= 4 is 22.8 Å². The van der Waals surface area contributed by atoms with Crippen LogP contribution in [0.25, 0.3) is 0 Å². The summed E-state index contributed by atoms with van der Waals surface area (Å²) in [6, 6.07) is 6.61. The van der Waals surface area contributed by atoms with Gasteiger partial charge in [-0.15, -0.1) is 11.3 Å². The minimum atomic E-state index is -4.36. The van der Waals surface area contributed by atoms with Gasteiger partial charge in [0.15, 0.2) is 0 Å². The van der Waals surface area contributed by atoms with Crippen LogP contribution < -0.4 is 0 Å². The summed E-state index contributed by atoms with van der Waals surface area (Å²) in [6.07, 6.45) is -4.60. The van der Waals surface area contributed by atoms with Crippen LogP contribution in [0.5, 0.6) is 0 Å². The van der Waals surface area contributed by atoms with Crippen molar-refractivity contribution in [2.24, 2.45) is 5.10 Å². The molecule has 0 saturated heterocycles. The molecule has 0 bridgehead atoms. The predicted octanol–water partition coefficient (Wildman–Crippen LogP) is 4.09. The van der Waals surface area contributed by atoms with E-state index in [0.717, 1.165) is 16.3 Å². The molecular formula is C16H12F4N2OS. The molecule has 1 aliphatic rings. The lowest BCUT2D eigenvalue weighted by atomic mass is 10.1. The number of hydrogen-bond donors (Lipinski definition) is 0. The number of carbonyl (C=O) groups excluding carboxylic acids is 1. The maximum atomic E-state index is 12.9. The molecule has 0 amide bonds. The van der Waals surface area contributed by atoms with E-state index in [-0.39, 0.29) is 12.2 Å². The third kappa shape index (κ3) is 3.19. The number of alkyl halides is 3. The van der Waals surface area contributed by atoms with Gasteiger partial charge in [-0.3, -0.25) is 9.80 Å². The highest BCUT2D eigenvalue weighted by Crippen LogP contribution is 2.33. The van der Waals surface area contributed by atoms with Crippen molar-refractivity contribution in [1.82, 2.24) is 5.01 Å². The molecular weight excluding hydrogens is 344 g/mol. The Labute approximate surface area is 139 Å². The molecule has 24 heavy (non-hydrogen) atoms. The normalized spacial score (nSPS) is 18.0. The van der Waals surface area contributed by atoms with Gasteiger partial charge in [0, 0.05) is 19.0 Å². The van der Waals surface area contributed by atoms with E-state index in [1.165, 1.54) is 31.3 Å². The summed E-state index contributed by atoms with van der Waals surface area (Å²) in [4.78, 5) is 13.2. The van der Waals surface area contributed by atoms with E-state index in [0.29, 0.717) is 21.0 Å². The maximum absolute atomic E-state index is 12.9. The molecule has 1 aromatic carbocycles. The van der Waals surface area contributed by atoms with Gasteiger partial charge < -0.3 is 0 Å². The third-order valence-corrected chi connectivity index (χ3v) is 4.85. The highest BCUT2D eigenvalue weighted by atomic mass is 32.1. The number of hydrogen-bond acceptors (Lipinski definition) is 4. The second-order valence-electron chi connectivity index (χ2n) is 5.38. The topological polar surface area (TPSA) is 32.7 Å². The molecule has 2 aromatic rings. The van der Waals surface area contributed by atoms with Gasteiger partial charge >= 0.3 is 6.18 Å². The van der Waals surface area contributed by atoms with E-state index in [9.17, 15) is 22.4 Å². The summed E-state index contributed by atoms with van der Waals surface area (Å²) >= 11 is 1.08. The first-order chi connectivity index (χ1) is 11.3. The van der Waals surface area contributed by atoms with E-state index in [2.05, 4.69) is 5.10 Å². The minimum Gasteiger partial charge on any atom is -0.288 e. The van der Waals surface area contributed by atoms with E-state index in [1.54, 1.807) is 12.1 Å². The number of thiophene rings is 1. The summed E-state index contributed by atoms with van der Waals surface area (Å²) in [5, 5.41) is 4.84. The Morgan fingerprint density at radius 3 is 2.46 bits per heavy atom. The second-order valence-corrected chi connectivity index (χ2v) is 6.47. The molecule has 8 heteroatoms. The van der Waals surface area contributed by atoms with Gasteiger partial charge in [0.2, 0.25) is 5.78 Å². The largest absolute Gasteiger partial charge is 0.410 e. The average molecular weight is 356 g/mol. The van der Waals surface area contributed by atoms with Crippen molar-refractivity contribution in [3.63, 3.8) is 0 Å². The lowest BCUT2D eigenvalue weighted by Crippen LogP contribution is -2.37. The standard InChI is InChI=1S/C16H12F4N2OS/c1-22-14(16(18,19)20)8-11(21-22)12-6-7-13(24-12)15(23)9-2-4-10(17)5-3-9/h2-7,14H,8H2,1H3. The smallest absolute Gasteiger partial charge is 0.288 e. The van der Waals surface area contributed by atoms with Crippen LogP contribution >= 0.6 is 11.3 Å². The number of ketones is 1. The molecule has 0 saturated carbocycles. The molecule has 126 valence electrons. The van der Waals surface area contributed by atoms with Gasteiger partial charge in [0.05, 0.1) is 15.5 Å². The van der Waals surface area contributed by atoms with Gasteiger partial charge in [-0.25, -0.2) is 4.39 Å². The van der Waals surface area contributed by atoms with Gasteiger partial charge in [-0.05, 0) is 36.4 Å². The molecule has 1 atom stereocenters. The Bertz CT molecular complexity index is 795. The zero-order chi connectivity index (χ0) is 17.5. The molecule has 0 spiro atoms. The molecule has 0 fully saturated rings. The molecule has 2 heterocycles. The highest BCUT2D eigenvalue weighted by Gasteiger charge is 2.46. The van der Waals surface area contributed by atoms with Crippen molar-refractivity contribution in [3.05, 3.63) is 57.5 Å². The van der Waals surface area contributed by atoms with Crippen LogP contribution in [0.4, 0.5) is 17.6 Å². The first-order valence-corrected chi connectivity index (χ1v) is 7.85. The van der Waals surface area contributed by atoms with Crippen molar-refractivity contribution in [2.75, 3.05) is 7.05 Å². The lowest BCUT2D eigenvalue weighted by molar-refractivity contribution is -0.174. The van der Waals surface area contributed by atoms with Crippen LogP contribution in [-0.2, 0) is 0 Å². The van der Waals surface area contributed by atoms with Crippen molar-refractivity contribution in [1.29, 1.82) is 0 Å². The van der Waals surface area contributed by atoms with Gasteiger partial charge in [-0.2, -0.15) is 18.3 Å². The molecule has 0 aliphatic carbocycles. The quantitative estimate of drug-likeness (QED) is 0.613. The van der Waals surface area contributed by atoms with Gasteiger partial charge in [0.25, 0.3) is 0 Å². The molecule has 0 N–H and O–H groups in total. The molecule has 3 rings (SSSR count). The number of benzene rings is 1. The predicted molar refractivity (Wildman–Crippen MR) is 82.9 cm³/mol. The van der Waals surface area contributed by atoms with Crippen LogP contribution in [0, 0.1) is 5.82 Å². The Balaban J connectivity index is 1.80. The minimum absolute atomic E-state index is 0.245. The lowest BCUT2D eigenvalue weighted by Gasteiger charge is -2.21. The van der Waals surface area contributed by atoms with Crippen LogP contribution in [-0.4, -0.2) is 35.8 Å². The van der Waals surface area contributed by atoms with Crippen molar-refractivity contribution in [3.8, 4) is 0 Å². The number of hydrazone groups is 1. The molecule has 1 unspecified atom stereocenters. The third-order valence-electron chi connectivity index (χ3n) is 3.71. The first-order valence-electron chi connectivity index (χ1n) is 7.03. The van der Waals surface area contributed by atoms with E-state index < -0.39 is 18.0 Å². The average Bonchev–Trinajstić information content (AvgIpc) is 3.13. The Kier molecular flexibility index (Phi) is 4.16. The van der Waals surface area contributed by atoms with Crippen LogP contribution in [0.2, 0.25) is 0 Å². The van der Waals surface area contributed by atoms with Crippen LogP contribution in [0.15, 0.2) is 41.5 Å². The fraction of sp³-hybridized carbons (Fsp3) is 0.250. The fourth-order valence-corrected chi connectivity index (χ4v) is 3.41. The highest BCUT2D eigenvalue weighted by molar-refractivity contribution is 7.16. The van der Waals surface area contributed by atoms with Crippen molar-refractivity contribution in [2.45, 2.75) is 18.6 Å². The first kappa shape index (κ1) is 16.6. The number of halogens is 4. The zero-order valence-corrected chi connectivity index (χ0v) is 13.3. The van der Waals surface area contributed by atoms with Crippen LogP contribution in [0.1, 0.15) is 26.5 Å². The van der Waals surface area contributed by atoms with Crippen molar-refractivity contribution < 1.29 is 22.4 Å². The Morgan fingerprint density at radius 1 is 1.21 bits per heavy atom. The summed E-state index contributed by atoms with van der Waals surface area (Å²) in [5.74, 6) is -0.745. The SMILES string of the molecule is CN1N=C(c2ccc(C(=O)c3ccc(F)cc3)s2)CC1C(F)(F)F. The van der Waals surface area contributed by atoms with Crippen LogP contribution in [0.3, 0.4) is 0 Å². The number of nitrogens with zero attached hydrogens (tertiary/aromatic N) is 2. The zero-order valence-electron chi connectivity index (χ0n) is 12.5. The summed E-state index contributed by atoms with van der Waals surface area (Å²) < 4.78 is 51.6. The van der Waals surface area contributed by atoms with E-state index in [4.69, 9.17) is 0 Å². The molecule has 1 aromatic heterocycles. The monoisotopic (exact) mass is 356 g/mol. The van der Waals surface area contributed by atoms with Gasteiger partial charge in [-0.1, -0.05) is 0 Å². The number of rotatable bonds is 3. The number of carbonyl (C=O) groups is 1. The summed E-state index contributed by atoms with van der Waals surface area (Å²) in [6.45, 7) is 0. The fourth-order valence-electron chi connectivity index (χ4n) is 2.45. The Morgan fingerprint density at radius 2 is 1.88 bits per heavy atom. The maximum Gasteiger partial charge on any atom is 0.410 e. The summed E-state index contributed by atoms with van der Waals surface area (Å²) in [5.41, 5.74) is 0.631. The molecule has 0 radical (unpaired) electrons. The second kappa shape index (κ2) is 6.01. The Hall–Kier alpha value is -2.22.